The van der Waals surface area contributed by atoms with Gasteiger partial charge in [-0.15, -0.1) is 0 Å². The fourth-order valence-electron chi connectivity index (χ4n) is 1.89. The fraction of sp³-hybridized carbons (Fsp3) is 0.0714. The second-order valence-electron chi connectivity index (χ2n) is 4.29. The molecule has 0 spiro atoms. The van der Waals surface area contributed by atoms with Crippen molar-refractivity contribution in [2.45, 2.75) is 6.18 Å². The van der Waals surface area contributed by atoms with Crippen molar-refractivity contribution in [2.75, 3.05) is 5.32 Å². The van der Waals surface area contributed by atoms with Crippen LogP contribution in [0.15, 0.2) is 54.9 Å². The number of alkyl halides is 3. The number of halogens is 3. The Bertz CT molecular complexity index is 696. The van der Waals surface area contributed by atoms with Crippen molar-refractivity contribution in [3.63, 3.8) is 0 Å². The molecule has 1 N–H and O–H groups in total. The number of pyridine rings is 1. The molecule has 2 aromatic heterocycles. The zero-order valence-corrected chi connectivity index (χ0v) is 10.2. The number of hydrogen-bond acceptors (Lipinski definition) is 2. The minimum atomic E-state index is -4.32. The van der Waals surface area contributed by atoms with Gasteiger partial charge in [0.05, 0.1) is 11.8 Å². The number of nitrogens with zero attached hydrogens (tertiary/aromatic N) is 2. The second kappa shape index (κ2) is 4.56. The third-order valence-electron chi connectivity index (χ3n) is 2.85. The van der Waals surface area contributed by atoms with Crippen molar-refractivity contribution < 1.29 is 13.2 Å². The Hall–Kier alpha value is -2.50. The van der Waals surface area contributed by atoms with Crippen molar-refractivity contribution >= 4 is 17.2 Å². The maximum absolute atomic E-state index is 12.4. The van der Waals surface area contributed by atoms with Gasteiger partial charge in [-0.05, 0) is 36.4 Å². The Labute approximate surface area is 112 Å². The lowest BCUT2D eigenvalue weighted by Crippen LogP contribution is -2.04. The highest BCUT2D eigenvalue weighted by molar-refractivity contribution is 5.59. The molecule has 2 heterocycles. The lowest BCUT2D eigenvalue weighted by molar-refractivity contribution is -0.137. The molecule has 20 heavy (non-hydrogen) atoms. The number of imidazole rings is 1. The van der Waals surface area contributed by atoms with Crippen LogP contribution in [0.1, 0.15) is 5.56 Å². The summed E-state index contributed by atoms with van der Waals surface area (Å²) >= 11 is 0. The average molecular weight is 277 g/mol. The van der Waals surface area contributed by atoms with Gasteiger partial charge in [-0.3, -0.25) is 0 Å². The monoisotopic (exact) mass is 277 g/mol. The molecule has 1 aromatic carbocycles. The van der Waals surface area contributed by atoms with Crippen molar-refractivity contribution in [2.24, 2.45) is 0 Å². The van der Waals surface area contributed by atoms with Crippen LogP contribution in [0.5, 0.6) is 0 Å². The third kappa shape index (κ3) is 2.45. The van der Waals surface area contributed by atoms with E-state index in [1.807, 2.05) is 28.8 Å². The highest BCUT2D eigenvalue weighted by atomic mass is 19.4. The number of hydrogen-bond donors (Lipinski definition) is 1. The average Bonchev–Trinajstić information content (AvgIpc) is 2.80. The lowest BCUT2D eigenvalue weighted by atomic mass is 10.2. The zero-order chi connectivity index (χ0) is 14.2. The van der Waals surface area contributed by atoms with Crippen LogP contribution in [0.4, 0.5) is 24.7 Å². The molecular weight excluding hydrogens is 267 g/mol. The van der Waals surface area contributed by atoms with Gasteiger partial charge in [0.25, 0.3) is 0 Å². The Morgan fingerprint density at radius 3 is 2.40 bits per heavy atom. The van der Waals surface area contributed by atoms with Gasteiger partial charge in [0.1, 0.15) is 11.5 Å². The number of nitrogens with one attached hydrogen (secondary N) is 1. The molecule has 0 unspecified atom stereocenters. The molecule has 0 bridgehead atoms. The van der Waals surface area contributed by atoms with E-state index in [0.717, 1.165) is 17.8 Å². The molecule has 0 aliphatic heterocycles. The van der Waals surface area contributed by atoms with Crippen LogP contribution in [0.3, 0.4) is 0 Å². The molecule has 3 aromatic rings. The summed E-state index contributed by atoms with van der Waals surface area (Å²) in [5.41, 5.74) is 0.654. The molecule has 6 heteroatoms. The molecule has 3 nitrogen and oxygen atoms in total. The molecule has 0 aliphatic rings. The summed E-state index contributed by atoms with van der Waals surface area (Å²) in [6.07, 6.45) is -0.700. The van der Waals surface area contributed by atoms with Gasteiger partial charge in [-0.1, -0.05) is 6.07 Å². The van der Waals surface area contributed by atoms with E-state index in [2.05, 4.69) is 10.3 Å². The largest absolute Gasteiger partial charge is 0.416 e. The van der Waals surface area contributed by atoms with Gasteiger partial charge >= 0.3 is 6.18 Å². The van der Waals surface area contributed by atoms with E-state index in [1.54, 1.807) is 6.20 Å². The van der Waals surface area contributed by atoms with Gasteiger partial charge < -0.3 is 9.72 Å². The van der Waals surface area contributed by atoms with E-state index in [1.165, 1.54) is 12.1 Å². The highest BCUT2D eigenvalue weighted by Crippen LogP contribution is 2.30. The van der Waals surface area contributed by atoms with Gasteiger partial charge in [0.2, 0.25) is 0 Å². The van der Waals surface area contributed by atoms with Crippen LogP contribution in [-0.2, 0) is 6.18 Å². The summed E-state index contributed by atoms with van der Waals surface area (Å²) in [6.45, 7) is 0. The first-order valence-electron chi connectivity index (χ1n) is 5.90. The third-order valence-corrected chi connectivity index (χ3v) is 2.85. The standard InChI is InChI=1S/C14H10F3N3/c15-14(16,17)10-4-6-11(7-5-10)18-12-9-20-8-2-1-3-13(20)19-12/h1-9,18H. The summed E-state index contributed by atoms with van der Waals surface area (Å²) in [4.78, 5) is 4.31. The smallest absolute Gasteiger partial charge is 0.339 e. The quantitative estimate of drug-likeness (QED) is 0.764. The van der Waals surface area contributed by atoms with Gasteiger partial charge in [0.15, 0.2) is 0 Å². The normalized spacial score (nSPS) is 11.8. The SMILES string of the molecule is FC(F)(F)c1ccc(Nc2cn3ccccc3n2)cc1. The minimum absolute atomic E-state index is 0.557. The van der Waals surface area contributed by atoms with Crippen LogP contribution >= 0.6 is 0 Å². The zero-order valence-electron chi connectivity index (χ0n) is 10.2. The molecule has 0 atom stereocenters. The predicted octanol–water partition coefficient (Wildman–Crippen LogP) is 4.10. The van der Waals surface area contributed by atoms with Crippen LogP contribution in [0, 0.1) is 0 Å². The van der Waals surface area contributed by atoms with Crippen molar-refractivity contribution in [1.29, 1.82) is 0 Å². The van der Waals surface area contributed by atoms with Gasteiger partial charge in [-0.2, -0.15) is 13.2 Å². The topological polar surface area (TPSA) is 29.3 Å². The number of aromatic nitrogens is 2. The minimum Gasteiger partial charge on any atom is -0.339 e. The number of benzene rings is 1. The summed E-state index contributed by atoms with van der Waals surface area (Å²) in [5, 5.41) is 2.97. The lowest BCUT2D eigenvalue weighted by Gasteiger charge is -2.07. The molecule has 0 amide bonds. The van der Waals surface area contributed by atoms with Crippen molar-refractivity contribution in [1.82, 2.24) is 9.38 Å². The Morgan fingerprint density at radius 1 is 1.00 bits per heavy atom. The Balaban J connectivity index is 1.84. The van der Waals surface area contributed by atoms with E-state index in [4.69, 9.17) is 0 Å². The molecule has 3 rings (SSSR count). The molecule has 0 fully saturated rings. The highest BCUT2D eigenvalue weighted by Gasteiger charge is 2.29. The van der Waals surface area contributed by atoms with Crippen molar-refractivity contribution in [3.8, 4) is 0 Å². The number of fused-ring (bicyclic) bond motifs is 1. The van der Waals surface area contributed by atoms with E-state index < -0.39 is 11.7 Å². The molecule has 0 saturated heterocycles. The number of anilines is 2. The second-order valence-corrected chi connectivity index (χ2v) is 4.29. The Morgan fingerprint density at radius 2 is 1.75 bits per heavy atom. The maximum atomic E-state index is 12.4. The van der Waals surface area contributed by atoms with E-state index in [9.17, 15) is 13.2 Å². The fourth-order valence-corrected chi connectivity index (χ4v) is 1.89. The molecule has 0 radical (unpaired) electrons. The van der Waals surface area contributed by atoms with Crippen LogP contribution < -0.4 is 5.32 Å². The van der Waals surface area contributed by atoms with Crippen LogP contribution in [0.25, 0.3) is 5.65 Å². The summed E-state index contributed by atoms with van der Waals surface area (Å²) in [7, 11) is 0. The Kier molecular flexibility index (Phi) is 2.85. The molecule has 0 aliphatic carbocycles. The first-order chi connectivity index (χ1) is 9.52. The van der Waals surface area contributed by atoms with E-state index in [0.29, 0.717) is 11.5 Å². The summed E-state index contributed by atoms with van der Waals surface area (Å²) < 4.78 is 39.2. The summed E-state index contributed by atoms with van der Waals surface area (Å²) in [5.74, 6) is 0.580. The van der Waals surface area contributed by atoms with E-state index >= 15 is 0 Å². The maximum Gasteiger partial charge on any atom is 0.416 e. The number of rotatable bonds is 2. The first kappa shape index (κ1) is 12.5. The van der Waals surface area contributed by atoms with Crippen LogP contribution in [-0.4, -0.2) is 9.38 Å². The van der Waals surface area contributed by atoms with Gasteiger partial charge in [0, 0.05) is 11.9 Å². The van der Waals surface area contributed by atoms with Crippen LogP contribution in [0.2, 0.25) is 0 Å². The van der Waals surface area contributed by atoms with Crippen molar-refractivity contribution in [3.05, 3.63) is 60.4 Å². The first-order valence-corrected chi connectivity index (χ1v) is 5.90. The molecular formula is C14H10F3N3. The molecule has 0 saturated carbocycles. The summed E-state index contributed by atoms with van der Waals surface area (Å²) in [6, 6.07) is 10.4. The predicted molar refractivity (Wildman–Crippen MR) is 69.9 cm³/mol. The van der Waals surface area contributed by atoms with Gasteiger partial charge in [-0.25, -0.2) is 4.98 Å². The van der Waals surface area contributed by atoms with E-state index in [-0.39, 0.29) is 0 Å². The molecule has 102 valence electrons.